The molecule has 1 saturated heterocycles. The van der Waals surface area contributed by atoms with Crippen molar-refractivity contribution in [3.8, 4) is 0 Å². The van der Waals surface area contributed by atoms with Crippen LogP contribution in [-0.4, -0.2) is 37.9 Å². The summed E-state index contributed by atoms with van der Waals surface area (Å²) < 4.78 is 5.37. The summed E-state index contributed by atoms with van der Waals surface area (Å²) in [5.74, 6) is 0. The van der Waals surface area contributed by atoms with Crippen molar-refractivity contribution in [3.63, 3.8) is 0 Å². The molecule has 5 heteroatoms. The fourth-order valence-electron chi connectivity index (χ4n) is 2.15. The number of para-hydroxylation sites is 2. The zero-order chi connectivity index (χ0) is 14.6. The van der Waals surface area contributed by atoms with Gasteiger partial charge in [0.1, 0.15) is 0 Å². The van der Waals surface area contributed by atoms with E-state index in [-0.39, 0.29) is 11.6 Å². The SMILES string of the molecule is CC(C)(C)NC(=O)Nc1ccccc1N1CCOCC1. The van der Waals surface area contributed by atoms with Crippen LogP contribution in [0.15, 0.2) is 24.3 Å². The van der Waals surface area contributed by atoms with Crippen molar-refractivity contribution in [2.45, 2.75) is 26.3 Å². The summed E-state index contributed by atoms with van der Waals surface area (Å²) in [6.45, 7) is 9.02. The Hall–Kier alpha value is -1.75. The highest BCUT2D eigenvalue weighted by atomic mass is 16.5. The number of rotatable bonds is 2. The first kappa shape index (κ1) is 14.7. The maximum absolute atomic E-state index is 12.0. The third kappa shape index (κ3) is 4.13. The van der Waals surface area contributed by atoms with Crippen LogP contribution in [0.1, 0.15) is 20.8 Å². The van der Waals surface area contributed by atoms with Gasteiger partial charge in [-0.25, -0.2) is 4.79 Å². The first-order chi connectivity index (χ1) is 9.46. The Kier molecular flexibility index (Phi) is 4.49. The van der Waals surface area contributed by atoms with Crippen molar-refractivity contribution in [2.75, 3.05) is 36.5 Å². The van der Waals surface area contributed by atoms with E-state index in [0.29, 0.717) is 0 Å². The Bertz CT molecular complexity index is 462. The minimum atomic E-state index is -0.252. The van der Waals surface area contributed by atoms with E-state index in [9.17, 15) is 4.79 Å². The van der Waals surface area contributed by atoms with Gasteiger partial charge in [-0.05, 0) is 32.9 Å². The molecule has 1 fully saturated rings. The predicted octanol–water partition coefficient (Wildman–Crippen LogP) is 2.44. The second-order valence-electron chi connectivity index (χ2n) is 5.95. The number of anilines is 2. The van der Waals surface area contributed by atoms with Crippen LogP contribution >= 0.6 is 0 Å². The van der Waals surface area contributed by atoms with Gasteiger partial charge in [0, 0.05) is 18.6 Å². The molecule has 0 aliphatic carbocycles. The highest BCUT2D eigenvalue weighted by Crippen LogP contribution is 2.26. The minimum absolute atomic E-state index is 0.182. The predicted molar refractivity (Wildman–Crippen MR) is 81.4 cm³/mol. The van der Waals surface area contributed by atoms with Crippen molar-refractivity contribution in [2.24, 2.45) is 0 Å². The number of ether oxygens (including phenoxy) is 1. The molecule has 2 amide bonds. The second-order valence-corrected chi connectivity index (χ2v) is 5.95. The number of benzene rings is 1. The molecule has 1 aromatic rings. The number of hydrogen-bond acceptors (Lipinski definition) is 3. The standard InChI is InChI=1S/C15H23N3O2/c1-15(2,3)17-14(19)16-12-6-4-5-7-13(12)18-8-10-20-11-9-18/h4-7H,8-11H2,1-3H3,(H2,16,17,19). The summed E-state index contributed by atoms with van der Waals surface area (Å²) in [7, 11) is 0. The molecular weight excluding hydrogens is 254 g/mol. The number of urea groups is 1. The van der Waals surface area contributed by atoms with Crippen LogP contribution in [0.3, 0.4) is 0 Å². The Labute approximate surface area is 120 Å². The lowest BCUT2D eigenvalue weighted by molar-refractivity contribution is 0.123. The van der Waals surface area contributed by atoms with Gasteiger partial charge in [0.05, 0.1) is 24.6 Å². The van der Waals surface area contributed by atoms with Crippen LogP contribution in [0.4, 0.5) is 16.2 Å². The summed E-state index contributed by atoms with van der Waals surface area (Å²) in [4.78, 5) is 14.2. The Morgan fingerprint density at radius 2 is 1.85 bits per heavy atom. The van der Waals surface area contributed by atoms with Gasteiger partial charge in [0.25, 0.3) is 0 Å². The van der Waals surface area contributed by atoms with Crippen LogP contribution in [0.5, 0.6) is 0 Å². The largest absolute Gasteiger partial charge is 0.378 e. The Morgan fingerprint density at radius 1 is 1.20 bits per heavy atom. The number of nitrogens with zero attached hydrogens (tertiary/aromatic N) is 1. The van der Waals surface area contributed by atoms with Crippen molar-refractivity contribution in [3.05, 3.63) is 24.3 Å². The molecule has 0 aromatic heterocycles. The third-order valence-electron chi connectivity index (χ3n) is 2.99. The Morgan fingerprint density at radius 3 is 2.50 bits per heavy atom. The van der Waals surface area contributed by atoms with E-state index in [4.69, 9.17) is 4.74 Å². The van der Waals surface area contributed by atoms with Crippen LogP contribution in [-0.2, 0) is 4.74 Å². The number of amides is 2. The van der Waals surface area contributed by atoms with Gasteiger partial charge in [-0.1, -0.05) is 12.1 Å². The first-order valence-electron chi connectivity index (χ1n) is 6.96. The highest BCUT2D eigenvalue weighted by molar-refractivity contribution is 5.93. The smallest absolute Gasteiger partial charge is 0.319 e. The molecule has 20 heavy (non-hydrogen) atoms. The highest BCUT2D eigenvalue weighted by Gasteiger charge is 2.17. The Balaban J connectivity index is 2.09. The van der Waals surface area contributed by atoms with E-state index < -0.39 is 0 Å². The van der Waals surface area contributed by atoms with Gasteiger partial charge in [0.2, 0.25) is 0 Å². The molecule has 2 N–H and O–H groups in total. The molecule has 0 unspecified atom stereocenters. The van der Waals surface area contributed by atoms with E-state index >= 15 is 0 Å². The average molecular weight is 277 g/mol. The summed E-state index contributed by atoms with van der Waals surface area (Å²) in [5, 5.41) is 5.84. The number of carbonyl (C=O) groups is 1. The van der Waals surface area contributed by atoms with Crippen molar-refractivity contribution in [1.29, 1.82) is 0 Å². The summed E-state index contributed by atoms with van der Waals surface area (Å²) in [5.41, 5.74) is 1.62. The van der Waals surface area contributed by atoms with Gasteiger partial charge < -0.3 is 20.3 Å². The molecule has 1 aliphatic heterocycles. The summed E-state index contributed by atoms with van der Waals surface area (Å²) in [6.07, 6.45) is 0. The monoisotopic (exact) mass is 277 g/mol. The van der Waals surface area contributed by atoms with Crippen molar-refractivity contribution in [1.82, 2.24) is 5.32 Å². The molecule has 2 rings (SSSR count). The zero-order valence-electron chi connectivity index (χ0n) is 12.4. The minimum Gasteiger partial charge on any atom is -0.378 e. The first-order valence-corrected chi connectivity index (χ1v) is 6.96. The third-order valence-corrected chi connectivity index (χ3v) is 2.99. The molecule has 1 aliphatic rings. The van der Waals surface area contributed by atoms with Crippen LogP contribution in [0.2, 0.25) is 0 Å². The van der Waals surface area contributed by atoms with Crippen LogP contribution in [0.25, 0.3) is 0 Å². The second kappa shape index (κ2) is 6.13. The number of carbonyl (C=O) groups excluding carboxylic acids is 1. The van der Waals surface area contributed by atoms with E-state index in [0.717, 1.165) is 37.7 Å². The average Bonchev–Trinajstić information content (AvgIpc) is 2.38. The molecule has 1 aromatic carbocycles. The summed E-state index contributed by atoms with van der Waals surface area (Å²) >= 11 is 0. The van der Waals surface area contributed by atoms with E-state index in [1.807, 2.05) is 45.0 Å². The molecule has 5 nitrogen and oxygen atoms in total. The van der Waals surface area contributed by atoms with E-state index in [1.54, 1.807) is 0 Å². The molecule has 110 valence electrons. The lowest BCUT2D eigenvalue weighted by Gasteiger charge is -2.30. The zero-order valence-corrected chi connectivity index (χ0v) is 12.4. The molecule has 0 bridgehead atoms. The number of hydrogen-bond donors (Lipinski definition) is 2. The van der Waals surface area contributed by atoms with Crippen LogP contribution < -0.4 is 15.5 Å². The van der Waals surface area contributed by atoms with Crippen molar-refractivity contribution < 1.29 is 9.53 Å². The topological polar surface area (TPSA) is 53.6 Å². The maximum atomic E-state index is 12.0. The van der Waals surface area contributed by atoms with Gasteiger partial charge in [-0.15, -0.1) is 0 Å². The molecule has 0 saturated carbocycles. The summed E-state index contributed by atoms with van der Waals surface area (Å²) in [6, 6.07) is 7.68. The number of morpholine rings is 1. The van der Waals surface area contributed by atoms with Crippen molar-refractivity contribution >= 4 is 17.4 Å². The molecular formula is C15H23N3O2. The van der Waals surface area contributed by atoms with Crippen LogP contribution in [0, 0.1) is 0 Å². The van der Waals surface area contributed by atoms with Gasteiger partial charge in [-0.3, -0.25) is 0 Å². The normalized spacial score (nSPS) is 15.8. The van der Waals surface area contributed by atoms with Gasteiger partial charge in [0.15, 0.2) is 0 Å². The molecule has 0 atom stereocenters. The van der Waals surface area contributed by atoms with Gasteiger partial charge in [-0.2, -0.15) is 0 Å². The fourth-order valence-corrected chi connectivity index (χ4v) is 2.15. The van der Waals surface area contributed by atoms with Gasteiger partial charge >= 0.3 is 6.03 Å². The fraction of sp³-hybridized carbons (Fsp3) is 0.533. The van der Waals surface area contributed by atoms with E-state index in [1.165, 1.54) is 0 Å². The molecule has 0 radical (unpaired) electrons. The lowest BCUT2D eigenvalue weighted by Crippen LogP contribution is -2.43. The molecule has 0 spiro atoms. The van der Waals surface area contributed by atoms with E-state index in [2.05, 4.69) is 15.5 Å². The lowest BCUT2D eigenvalue weighted by atomic mass is 10.1. The molecule has 1 heterocycles. The quantitative estimate of drug-likeness (QED) is 0.873. The number of nitrogens with one attached hydrogen (secondary N) is 2. The maximum Gasteiger partial charge on any atom is 0.319 e.